The second-order valence-electron chi connectivity index (χ2n) is 5.62. The molecule has 0 atom stereocenters. The fourth-order valence-corrected chi connectivity index (χ4v) is 1.95. The number of hydrogen-bond acceptors (Lipinski definition) is 4. The molecule has 0 fully saturated rings. The van der Waals surface area contributed by atoms with E-state index in [4.69, 9.17) is 4.74 Å². The molecule has 0 bridgehead atoms. The Morgan fingerprint density at radius 3 is 2.60 bits per heavy atom. The van der Waals surface area contributed by atoms with E-state index < -0.39 is 0 Å². The van der Waals surface area contributed by atoms with E-state index in [1.54, 1.807) is 12.4 Å². The molecule has 0 amide bonds. The van der Waals surface area contributed by atoms with E-state index in [-0.39, 0.29) is 5.41 Å². The van der Waals surface area contributed by atoms with E-state index in [1.165, 1.54) is 0 Å². The van der Waals surface area contributed by atoms with Crippen molar-refractivity contribution in [3.8, 4) is 11.6 Å². The maximum absolute atomic E-state index is 5.91. The van der Waals surface area contributed by atoms with Crippen LogP contribution in [0.2, 0.25) is 0 Å². The van der Waals surface area contributed by atoms with Gasteiger partial charge < -0.3 is 10.1 Å². The molecule has 0 saturated heterocycles. The summed E-state index contributed by atoms with van der Waals surface area (Å²) >= 11 is 0. The van der Waals surface area contributed by atoms with E-state index in [9.17, 15) is 0 Å². The number of nitrogens with one attached hydrogen (secondary N) is 1. The molecular weight excluding hydrogens is 250 g/mol. The lowest BCUT2D eigenvalue weighted by atomic mass is 9.86. The van der Waals surface area contributed by atoms with Crippen molar-refractivity contribution in [2.45, 2.75) is 33.1 Å². The van der Waals surface area contributed by atoms with Gasteiger partial charge in [-0.3, -0.25) is 4.98 Å². The molecule has 4 nitrogen and oxygen atoms in total. The highest BCUT2D eigenvalue weighted by atomic mass is 16.5. The summed E-state index contributed by atoms with van der Waals surface area (Å²) in [7, 11) is 0. The van der Waals surface area contributed by atoms with Crippen molar-refractivity contribution < 1.29 is 4.74 Å². The molecule has 106 valence electrons. The first-order valence-electron chi connectivity index (χ1n) is 6.84. The highest BCUT2D eigenvalue weighted by Crippen LogP contribution is 2.33. The number of nitrogens with zero attached hydrogens (tertiary/aromatic N) is 2. The summed E-state index contributed by atoms with van der Waals surface area (Å²) in [4.78, 5) is 8.53. The van der Waals surface area contributed by atoms with E-state index in [1.807, 2.05) is 25.1 Å². The maximum Gasteiger partial charge on any atom is 0.239 e. The number of hydrogen-bond donors (Lipinski definition) is 1. The van der Waals surface area contributed by atoms with Crippen LogP contribution in [0, 0.1) is 0 Å². The second kappa shape index (κ2) is 5.90. The van der Waals surface area contributed by atoms with Gasteiger partial charge in [-0.2, -0.15) is 4.98 Å². The minimum Gasteiger partial charge on any atom is -0.437 e. The van der Waals surface area contributed by atoms with Gasteiger partial charge in [-0.15, -0.1) is 0 Å². The fourth-order valence-electron chi connectivity index (χ4n) is 1.95. The molecule has 0 saturated carbocycles. The van der Waals surface area contributed by atoms with E-state index >= 15 is 0 Å². The zero-order chi connectivity index (χ0) is 14.6. The molecule has 1 aromatic heterocycles. The van der Waals surface area contributed by atoms with Crippen LogP contribution in [0.5, 0.6) is 11.6 Å². The Hall–Kier alpha value is -2.10. The van der Waals surface area contributed by atoms with Crippen molar-refractivity contribution in [1.29, 1.82) is 0 Å². The zero-order valence-electron chi connectivity index (χ0n) is 12.5. The number of ether oxygens (including phenoxy) is 1. The summed E-state index contributed by atoms with van der Waals surface area (Å²) in [6.07, 6.45) is 3.31. The van der Waals surface area contributed by atoms with Gasteiger partial charge in [0.25, 0.3) is 0 Å². The molecule has 1 heterocycles. The fraction of sp³-hybridized carbons (Fsp3) is 0.375. The van der Waals surface area contributed by atoms with Crippen LogP contribution in [-0.4, -0.2) is 16.5 Å². The Balaban J connectivity index is 2.28. The third kappa shape index (κ3) is 3.47. The Kier molecular flexibility index (Phi) is 4.23. The first-order chi connectivity index (χ1) is 9.50. The number of rotatable bonds is 4. The van der Waals surface area contributed by atoms with Gasteiger partial charge >= 0.3 is 0 Å². The summed E-state index contributed by atoms with van der Waals surface area (Å²) < 4.78 is 5.91. The SMILES string of the molecule is CCNc1cncc(Oc2ccccc2C(C)(C)C)n1. The van der Waals surface area contributed by atoms with Gasteiger partial charge in [-0.05, 0) is 18.4 Å². The number of benzene rings is 1. The van der Waals surface area contributed by atoms with Crippen LogP contribution in [0.15, 0.2) is 36.7 Å². The minimum absolute atomic E-state index is 0.0172. The quantitative estimate of drug-likeness (QED) is 0.913. The molecular formula is C16H21N3O. The van der Waals surface area contributed by atoms with Crippen molar-refractivity contribution in [3.63, 3.8) is 0 Å². The largest absolute Gasteiger partial charge is 0.437 e. The molecule has 4 heteroatoms. The summed E-state index contributed by atoms with van der Waals surface area (Å²) in [5, 5.41) is 3.12. The van der Waals surface area contributed by atoms with E-state index in [0.29, 0.717) is 5.88 Å². The van der Waals surface area contributed by atoms with Crippen molar-refractivity contribution >= 4 is 5.82 Å². The van der Waals surface area contributed by atoms with Gasteiger partial charge in [-0.25, -0.2) is 0 Å². The molecule has 1 N–H and O–H groups in total. The normalized spacial score (nSPS) is 11.2. The molecule has 2 rings (SSSR count). The lowest BCUT2D eigenvalue weighted by Gasteiger charge is -2.22. The van der Waals surface area contributed by atoms with Gasteiger partial charge in [0, 0.05) is 12.1 Å². The van der Waals surface area contributed by atoms with Crippen LogP contribution in [0.4, 0.5) is 5.82 Å². The van der Waals surface area contributed by atoms with Crippen molar-refractivity contribution in [3.05, 3.63) is 42.2 Å². The van der Waals surface area contributed by atoms with Crippen LogP contribution in [0.25, 0.3) is 0 Å². The second-order valence-corrected chi connectivity index (χ2v) is 5.62. The van der Waals surface area contributed by atoms with Gasteiger partial charge in [0.05, 0.1) is 12.4 Å². The minimum atomic E-state index is 0.0172. The molecule has 20 heavy (non-hydrogen) atoms. The van der Waals surface area contributed by atoms with Gasteiger partial charge in [0.2, 0.25) is 5.88 Å². The topological polar surface area (TPSA) is 47.0 Å². The molecule has 1 aromatic carbocycles. The van der Waals surface area contributed by atoms with Crippen LogP contribution in [-0.2, 0) is 5.41 Å². The number of para-hydroxylation sites is 1. The number of anilines is 1. The lowest BCUT2D eigenvalue weighted by Crippen LogP contribution is -2.12. The predicted molar refractivity (Wildman–Crippen MR) is 81.4 cm³/mol. The predicted octanol–water partition coefficient (Wildman–Crippen LogP) is 4.00. The number of aromatic nitrogens is 2. The van der Waals surface area contributed by atoms with E-state index in [0.717, 1.165) is 23.7 Å². The monoisotopic (exact) mass is 271 g/mol. The van der Waals surface area contributed by atoms with Crippen LogP contribution in [0.1, 0.15) is 33.3 Å². The van der Waals surface area contributed by atoms with Gasteiger partial charge in [-0.1, -0.05) is 39.0 Å². The van der Waals surface area contributed by atoms with Gasteiger partial charge in [0.1, 0.15) is 11.6 Å². The highest BCUT2D eigenvalue weighted by Gasteiger charge is 2.19. The Morgan fingerprint density at radius 2 is 1.90 bits per heavy atom. The third-order valence-corrected chi connectivity index (χ3v) is 2.88. The smallest absolute Gasteiger partial charge is 0.239 e. The first-order valence-corrected chi connectivity index (χ1v) is 6.84. The Morgan fingerprint density at radius 1 is 1.15 bits per heavy atom. The molecule has 0 spiro atoms. The van der Waals surface area contributed by atoms with Crippen LogP contribution in [0.3, 0.4) is 0 Å². The molecule has 0 aliphatic rings. The standard InChI is InChI=1S/C16H21N3O/c1-5-18-14-10-17-11-15(19-14)20-13-9-7-6-8-12(13)16(2,3)4/h6-11H,5H2,1-4H3,(H,18,19). The first kappa shape index (κ1) is 14.3. The highest BCUT2D eigenvalue weighted by molar-refractivity contribution is 5.41. The zero-order valence-corrected chi connectivity index (χ0v) is 12.5. The van der Waals surface area contributed by atoms with Crippen molar-refractivity contribution in [2.24, 2.45) is 0 Å². The molecule has 0 aliphatic carbocycles. The summed E-state index contributed by atoms with van der Waals surface area (Å²) in [6.45, 7) is 9.31. The summed E-state index contributed by atoms with van der Waals surface area (Å²) in [5.74, 6) is 2.04. The Bertz CT molecular complexity index is 576. The Labute approximate surface area is 120 Å². The van der Waals surface area contributed by atoms with Crippen molar-refractivity contribution in [1.82, 2.24) is 9.97 Å². The lowest BCUT2D eigenvalue weighted by molar-refractivity contribution is 0.438. The molecule has 0 aliphatic heterocycles. The van der Waals surface area contributed by atoms with E-state index in [2.05, 4.69) is 42.1 Å². The average Bonchev–Trinajstić information content (AvgIpc) is 2.39. The van der Waals surface area contributed by atoms with Crippen molar-refractivity contribution in [2.75, 3.05) is 11.9 Å². The van der Waals surface area contributed by atoms with Crippen LogP contribution < -0.4 is 10.1 Å². The maximum atomic E-state index is 5.91. The molecule has 0 unspecified atom stereocenters. The summed E-state index contributed by atoms with van der Waals surface area (Å²) in [5.41, 5.74) is 1.17. The third-order valence-electron chi connectivity index (χ3n) is 2.88. The average molecular weight is 271 g/mol. The van der Waals surface area contributed by atoms with Crippen LogP contribution >= 0.6 is 0 Å². The molecule has 2 aromatic rings. The summed E-state index contributed by atoms with van der Waals surface area (Å²) in [6, 6.07) is 8.03. The van der Waals surface area contributed by atoms with Gasteiger partial charge in [0.15, 0.2) is 0 Å². The molecule has 0 radical (unpaired) electrons.